The number of carbonyl (C=O) groups is 1. The third-order valence-electron chi connectivity index (χ3n) is 5.97. The molecule has 0 unspecified atom stereocenters. The van der Waals surface area contributed by atoms with Gasteiger partial charge in [0.2, 0.25) is 5.91 Å². The van der Waals surface area contributed by atoms with Crippen LogP contribution in [0.3, 0.4) is 0 Å². The smallest absolute Gasteiger partial charge is 0.219 e. The minimum Gasteiger partial charge on any atom is -0.338 e. The second-order valence-electron chi connectivity index (χ2n) is 7.97. The molecule has 183 valence electrons. The summed E-state index contributed by atoms with van der Waals surface area (Å²) in [5, 5.41) is 8.55. The molecule has 0 bridgehead atoms. The molecule has 1 aromatic heterocycles. The van der Waals surface area contributed by atoms with E-state index in [1.165, 1.54) is 5.69 Å². The van der Waals surface area contributed by atoms with Crippen LogP contribution >= 0.6 is 22.6 Å². The number of rotatable bonds is 5. The van der Waals surface area contributed by atoms with E-state index in [0.717, 1.165) is 66.9 Å². The summed E-state index contributed by atoms with van der Waals surface area (Å²) in [5.41, 5.74) is 6.52. The maximum absolute atomic E-state index is 12.0. The predicted octanol–water partition coefficient (Wildman–Crippen LogP) is 5.30. The first kappa shape index (κ1) is 33.0. The Morgan fingerprint density at radius 3 is 2.38 bits per heavy atom. The van der Waals surface area contributed by atoms with Crippen LogP contribution in [-0.4, -0.2) is 45.2 Å². The van der Waals surface area contributed by atoms with Crippen LogP contribution in [0.5, 0.6) is 0 Å². The molecule has 0 saturated carbocycles. The van der Waals surface area contributed by atoms with Gasteiger partial charge in [-0.3, -0.25) is 16.1 Å². The number of alkyl halides is 1. The Kier molecular flexibility index (Phi) is 16.9. The molecular formula is C27H38IN4OY-. The Bertz CT molecular complexity index is 933. The fraction of sp³-hybridized carbons (Fsp3) is 0.481. The van der Waals surface area contributed by atoms with Crippen molar-refractivity contribution in [3.8, 4) is 12.3 Å². The molecule has 0 atom stereocenters. The van der Waals surface area contributed by atoms with Gasteiger partial charge in [0.1, 0.15) is 0 Å². The second-order valence-corrected chi connectivity index (χ2v) is 7.97. The molecule has 1 fully saturated rings. The van der Waals surface area contributed by atoms with E-state index < -0.39 is 0 Å². The van der Waals surface area contributed by atoms with Crippen LogP contribution in [-0.2, 0) is 50.5 Å². The van der Waals surface area contributed by atoms with Crippen LogP contribution in [0.25, 0.3) is 5.57 Å². The first-order valence-corrected chi connectivity index (χ1v) is 13.4. The summed E-state index contributed by atoms with van der Waals surface area (Å²) in [7, 11) is 0. The molecule has 0 spiro atoms. The summed E-state index contributed by atoms with van der Waals surface area (Å²) in [6.07, 6.45) is 13.0. The first-order valence-electron chi connectivity index (χ1n) is 11.3. The number of fused-ring (bicyclic) bond motifs is 1. The zero-order valence-electron chi connectivity index (χ0n) is 21.3. The van der Waals surface area contributed by atoms with Gasteiger partial charge in [0.05, 0.1) is 11.7 Å². The summed E-state index contributed by atoms with van der Waals surface area (Å²) < 4.78 is 2.24. The summed E-state index contributed by atoms with van der Waals surface area (Å²) in [6, 6.07) is 0.407. The van der Waals surface area contributed by atoms with Crippen molar-refractivity contribution in [2.24, 2.45) is 0 Å². The molecule has 0 aromatic carbocycles. The van der Waals surface area contributed by atoms with Crippen LogP contribution in [0.4, 0.5) is 0 Å². The Morgan fingerprint density at radius 2 is 1.88 bits per heavy atom. The first-order chi connectivity index (χ1) is 15.9. The standard InChI is InChI=1S/C23H31N4O.C3H4.CH3I.Y/c1-6-8-20(17(4)16(3)7-2)23-21-15-26(18(5)28)14-11-22(21)27(25-23)19-9-12-24-13-10-19;1-3-2;1-2;/h2,6-8,19,24H,1,9-15H2,3-5H3;1H,2H3;1H3;/q-1;;;/b17-16+,20-8+;;;. The van der Waals surface area contributed by atoms with Crippen LogP contribution in [0, 0.1) is 18.9 Å². The Labute approximate surface area is 245 Å². The Balaban J connectivity index is 0.00000168. The zero-order chi connectivity index (χ0) is 25.0. The SMILES string of the molecule is C#CC.CI.[CH-]=C/C(C)=C(C)/C(=C\C=C)c1nn(C2CCNCC2)c2c1CN(C(C)=O)CC2.[Y]. The topological polar surface area (TPSA) is 50.2 Å². The molecule has 3 rings (SSSR count). The molecule has 2 aliphatic rings. The van der Waals surface area contributed by atoms with Gasteiger partial charge >= 0.3 is 0 Å². The number of terminal acetylenes is 1. The molecule has 1 saturated heterocycles. The van der Waals surface area contributed by atoms with E-state index >= 15 is 0 Å². The summed E-state index contributed by atoms with van der Waals surface area (Å²) in [4.78, 5) is 15.9. The van der Waals surface area contributed by atoms with Crippen molar-refractivity contribution in [2.75, 3.05) is 24.6 Å². The van der Waals surface area contributed by atoms with Crippen molar-refractivity contribution in [1.82, 2.24) is 20.0 Å². The number of allylic oxidation sites excluding steroid dienone is 6. The van der Waals surface area contributed by atoms with Gasteiger partial charge in [-0.15, -0.1) is 24.8 Å². The predicted molar refractivity (Wildman–Crippen MR) is 148 cm³/mol. The minimum atomic E-state index is 0. The maximum Gasteiger partial charge on any atom is 0.219 e. The summed E-state index contributed by atoms with van der Waals surface area (Å²) in [5.74, 6) is 2.36. The number of nitrogens with one attached hydrogen (secondary N) is 1. The Morgan fingerprint density at radius 1 is 1.29 bits per heavy atom. The van der Waals surface area contributed by atoms with Gasteiger partial charge in [0.25, 0.3) is 0 Å². The molecule has 5 nitrogen and oxygen atoms in total. The number of amides is 1. The molecule has 1 N–H and O–H groups in total. The molecular weight excluding hydrogens is 612 g/mol. The molecule has 1 aromatic rings. The normalized spacial score (nSPS) is 16.1. The van der Waals surface area contributed by atoms with E-state index in [2.05, 4.69) is 58.4 Å². The average molecular weight is 650 g/mol. The third-order valence-corrected chi connectivity index (χ3v) is 5.97. The van der Waals surface area contributed by atoms with Crippen molar-refractivity contribution < 1.29 is 37.5 Å². The molecule has 3 heterocycles. The average Bonchev–Trinajstić information content (AvgIpc) is 3.22. The van der Waals surface area contributed by atoms with Crippen LogP contribution < -0.4 is 5.32 Å². The fourth-order valence-electron chi connectivity index (χ4n) is 4.12. The second kappa shape index (κ2) is 17.4. The van der Waals surface area contributed by atoms with Crippen LogP contribution in [0.1, 0.15) is 63.5 Å². The third kappa shape index (κ3) is 8.58. The van der Waals surface area contributed by atoms with Gasteiger partial charge in [0.15, 0.2) is 0 Å². The van der Waals surface area contributed by atoms with Crippen molar-refractivity contribution in [2.45, 2.75) is 59.5 Å². The van der Waals surface area contributed by atoms with Gasteiger partial charge in [-0.05, 0) is 43.4 Å². The van der Waals surface area contributed by atoms with Crippen molar-refractivity contribution in [1.29, 1.82) is 0 Å². The summed E-state index contributed by atoms with van der Waals surface area (Å²) in [6.45, 7) is 20.4. The Hall–Kier alpha value is -1.01. The number of halogens is 1. The largest absolute Gasteiger partial charge is 0.338 e. The number of carbonyl (C=O) groups excluding carboxylic acids is 1. The maximum atomic E-state index is 12.0. The van der Waals surface area contributed by atoms with Crippen LogP contribution in [0.2, 0.25) is 0 Å². The van der Waals surface area contributed by atoms with Crippen molar-refractivity contribution >= 4 is 34.1 Å². The van der Waals surface area contributed by atoms with Gasteiger partial charge in [-0.25, -0.2) is 6.08 Å². The molecule has 2 aliphatic heterocycles. The van der Waals surface area contributed by atoms with E-state index in [-0.39, 0.29) is 38.6 Å². The molecule has 1 radical (unpaired) electrons. The minimum absolute atomic E-state index is 0. The fourth-order valence-corrected chi connectivity index (χ4v) is 4.12. The van der Waals surface area contributed by atoms with Gasteiger partial charge in [-0.1, -0.05) is 48.2 Å². The number of piperidine rings is 1. The van der Waals surface area contributed by atoms with Gasteiger partial charge < -0.3 is 10.2 Å². The number of hydrogen-bond donors (Lipinski definition) is 1. The van der Waals surface area contributed by atoms with E-state index in [0.29, 0.717) is 12.6 Å². The zero-order valence-corrected chi connectivity index (χ0v) is 26.3. The molecule has 34 heavy (non-hydrogen) atoms. The van der Waals surface area contributed by atoms with Crippen molar-refractivity contribution in [3.63, 3.8) is 0 Å². The van der Waals surface area contributed by atoms with Crippen molar-refractivity contribution in [3.05, 3.63) is 59.5 Å². The molecule has 7 heteroatoms. The van der Waals surface area contributed by atoms with Crippen LogP contribution in [0.15, 0.2) is 36.0 Å². The van der Waals surface area contributed by atoms with E-state index in [9.17, 15) is 4.79 Å². The quantitative estimate of drug-likeness (QED) is 0.155. The number of hydrogen-bond acceptors (Lipinski definition) is 3. The van der Waals surface area contributed by atoms with E-state index in [4.69, 9.17) is 11.7 Å². The monoisotopic (exact) mass is 650 g/mol. The number of nitrogens with zero attached hydrogens (tertiary/aromatic N) is 3. The van der Waals surface area contributed by atoms with Gasteiger partial charge in [-0.2, -0.15) is 10.7 Å². The molecule has 1 amide bonds. The van der Waals surface area contributed by atoms with Gasteiger partial charge in [0, 0.05) is 70.4 Å². The molecule has 0 aliphatic carbocycles. The van der Waals surface area contributed by atoms with E-state index in [1.807, 2.05) is 22.8 Å². The summed E-state index contributed by atoms with van der Waals surface area (Å²) >= 11 is 2.15. The number of aromatic nitrogens is 2. The van der Waals surface area contributed by atoms with E-state index in [1.54, 1.807) is 26.0 Å².